The molecule has 6 heteroatoms. The Morgan fingerprint density at radius 2 is 1.82 bits per heavy atom. The second-order valence-electron chi connectivity index (χ2n) is 7.19. The number of carbonyl (C=O) groups is 2. The van der Waals surface area contributed by atoms with Crippen molar-refractivity contribution in [1.82, 2.24) is 10.2 Å². The van der Waals surface area contributed by atoms with Gasteiger partial charge in [-0.2, -0.15) is 0 Å². The molecule has 0 aromatic heterocycles. The van der Waals surface area contributed by atoms with Gasteiger partial charge in [0.15, 0.2) is 0 Å². The summed E-state index contributed by atoms with van der Waals surface area (Å²) in [5.41, 5.74) is 1.66. The summed E-state index contributed by atoms with van der Waals surface area (Å²) in [4.78, 5) is 26.3. The Balaban J connectivity index is 1.41. The summed E-state index contributed by atoms with van der Waals surface area (Å²) in [7, 11) is 0. The van der Waals surface area contributed by atoms with Crippen LogP contribution >= 0.6 is 0 Å². The molecule has 2 aromatic carbocycles. The van der Waals surface area contributed by atoms with E-state index < -0.39 is 0 Å². The number of nitrogens with zero attached hydrogens (tertiary/aromatic N) is 1. The molecular formula is C22H26FN3O2. The predicted molar refractivity (Wildman–Crippen MR) is 107 cm³/mol. The summed E-state index contributed by atoms with van der Waals surface area (Å²) in [5.74, 6) is 0.0218. The second-order valence-corrected chi connectivity index (χ2v) is 7.19. The Bertz CT molecular complexity index is 780. The second kappa shape index (κ2) is 9.88. The molecule has 1 aliphatic heterocycles. The number of rotatable bonds is 6. The molecule has 0 aliphatic carbocycles. The third-order valence-electron chi connectivity index (χ3n) is 5.01. The van der Waals surface area contributed by atoms with Gasteiger partial charge in [-0.25, -0.2) is 9.18 Å². The fraction of sp³-hybridized carbons (Fsp3) is 0.364. The number of halogens is 1. The summed E-state index contributed by atoms with van der Waals surface area (Å²) in [6, 6.07) is 15.4. The fourth-order valence-electron chi connectivity index (χ4n) is 3.44. The summed E-state index contributed by atoms with van der Waals surface area (Å²) in [6.45, 7) is 1.87. The molecule has 28 heavy (non-hydrogen) atoms. The zero-order valence-electron chi connectivity index (χ0n) is 15.9. The molecule has 0 bridgehead atoms. The number of anilines is 1. The summed E-state index contributed by atoms with van der Waals surface area (Å²) in [5, 5.41) is 5.75. The Hall–Kier alpha value is -2.89. The zero-order chi connectivity index (χ0) is 19.8. The van der Waals surface area contributed by atoms with Crippen molar-refractivity contribution in [2.45, 2.75) is 32.2 Å². The highest BCUT2D eigenvalue weighted by Crippen LogP contribution is 2.22. The molecule has 2 aromatic rings. The van der Waals surface area contributed by atoms with E-state index in [1.165, 1.54) is 12.1 Å². The van der Waals surface area contributed by atoms with Crippen LogP contribution < -0.4 is 10.6 Å². The minimum absolute atomic E-state index is 0.0386. The van der Waals surface area contributed by atoms with E-state index in [1.807, 2.05) is 30.3 Å². The molecule has 1 heterocycles. The molecule has 5 nitrogen and oxygen atoms in total. The lowest BCUT2D eigenvalue weighted by Gasteiger charge is -2.32. The quantitative estimate of drug-likeness (QED) is 0.787. The number of amides is 3. The van der Waals surface area contributed by atoms with E-state index in [0.717, 1.165) is 24.8 Å². The predicted octanol–water partition coefficient (Wildman–Crippen LogP) is 4.17. The lowest BCUT2D eigenvalue weighted by molar-refractivity contribution is -0.121. The van der Waals surface area contributed by atoms with Gasteiger partial charge in [0.1, 0.15) is 5.82 Å². The van der Waals surface area contributed by atoms with Crippen molar-refractivity contribution in [2.75, 3.05) is 18.4 Å². The molecule has 3 amide bonds. The van der Waals surface area contributed by atoms with Crippen LogP contribution in [0.2, 0.25) is 0 Å². The minimum Gasteiger partial charge on any atom is -0.352 e. The van der Waals surface area contributed by atoms with Gasteiger partial charge in [-0.05, 0) is 55.0 Å². The summed E-state index contributed by atoms with van der Waals surface area (Å²) < 4.78 is 13.0. The lowest BCUT2D eigenvalue weighted by atomic mass is 9.93. The first kappa shape index (κ1) is 19.9. The van der Waals surface area contributed by atoms with Crippen LogP contribution in [0.3, 0.4) is 0 Å². The first-order valence-corrected chi connectivity index (χ1v) is 9.72. The molecule has 0 spiro atoms. The van der Waals surface area contributed by atoms with Crippen molar-refractivity contribution in [3.63, 3.8) is 0 Å². The monoisotopic (exact) mass is 383 g/mol. The van der Waals surface area contributed by atoms with Crippen LogP contribution in [0.15, 0.2) is 54.6 Å². The van der Waals surface area contributed by atoms with Crippen molar-refractivity contribution in [3.05, 3.63) is 66.0 Å². The normalized spacial score (nSPS) is 16.5. The number of hydrogen-bond acceptors (Lipinski definition) is 2. The Morgan fingerprint density at radius 1 is 1.07 bits per heavy atom. The van der Waals surface area contributed by atoms with Crippen LogP contribution in [-0.4, -0.2) is 29.9 Å². The first-order valence-electron chi connectivity index (χ1n) is 9.72. The minimum atomic E-state index is -0.332. The molecule has 0 unspecified atom stereocenters. The standard InChI is InChI=1S/C22H26FN3O2/c23-19-9-11-20(12-10-19)25-22(28)26-14-4-7-18(16-26)8-13-21(27)24-15-17-5-2-1-3-6-17/h1-3,5-6,9-12,18H,4,7-8,13-16H2,(H,24,27)(H,25,28)/t18-/m1/s1. The third kappa shape index (κ3) is 6.08. The van der Waals surface area contributed by atoms with Crippen LogP contribution in [0.25, 0.3) is 0 Å². The topological polar surface area (TPSA) is 61.4 Å². The highest BCUT2D eigenvalue weighted by Gasteiger charge is 2.24. The number of likely N-dealkylation sites (tertiary alicyclic amines) is 1. The van der Waals surface area contributed by atoms with Crippen LogP contribution in [0, 0.1) is 11.7 Å². The summed E-state index contributed by atoms with van der Waals surface area (Å²) in [6.07, 6.45) is 3.17. The molecule has 2 N–H and O–H groups in total. The zero-order valence-corrected chi connectivity index (χ0v) is 15.9. The van der Waals surface area contributed by atoms with Gasteiger partial charge < -0.3 is 15.5 Å². The number of hydrogen-bond donors (Lipinski definition) is 2. The number of benzene rings is 2. The third-order valence-corrected chi connectivity index (χ3v) is 5.01. The van der Waals surface area contributed by atoms with Gasteiger partial charge in [0.05, 0.1) is 0 Å². The molecule has 0 saturated carbocycles. The average Bonchev–Trinajstić information content (AvgIpc) is 2.73. The van der Waals surface area contributed by atoms with Gasteiger partial charge in [0.2, 0.25) is 5.91 Å². The number of nitrogens with one attached hydrogen (secondary N) is 2. The maximum absolute atomic E-state index is 13.0. The van der Waals surface area contributed by atoms with Crippen molar-refractivity contribution < 1.29 is 14.0 Å². The first-order chi connectivity index (χ1) is 13.6. The molecule has 1 atom stereocenters. The highest BCUT2D eigenvalue weighted by atomic mass is 19.1. The van der Waals surface area contributed by atoms with Gasteiger partial charge in [0, 0.05) is 31.7 Å². The molecule has 1 aliphatic rings. The van der Waals surface area contributed by atoms with E-state index in [-0.39, 0.29) is 17.8 Å². The van der Waals surface area contributed by atoms with Gasteiger partial charge >= 0.3 is 6.03 Å². The number of piperidine rings is 1. The molecule has 1 saturated heterocycles. The van der Waals surface area contributed by atoms with Crippen LogP contribution in [0.1, 0.15) is 31.2 Å². The van der Waals surface area contributed by atoms with E-state index in [4.69, 9.17) is 0 Å². The maximum atomic E-state index is 13.0. The number of urea groups is 1. The van der Waals surface area contributed by atoms with E-state index in [2.05, 4.69) is 10.6 Å². The smallest absolute Gasteiger partial charge is 0.321 e. The SMILES string of the molecule is O=C(CC[C@H]1CCCN(C(=O)Nc2ccc(F)cc2)C1)NCc1ccccc1. The summed E-state index contributed by atoms with van der Waals surface area (Å²) >= 11 is 0. The van der Waals surface area contributed by atoms with E-state index >= 15 is 0 Å². The molecular weight excluding hydrogens is 357 g/mol. The van der Waals surface area contributed by atoms with Gasteiger partial charge in [-0.1, -0.05) is 30.3 Å². The highest BCUT2D eigenvalue weighted by molar-refractivity contribution is 5.89. The molecule has 0 radical (unpaired) electrons. The molecule has 3 rings (SSSR count). The molecule has 1 fully saturated rings. The van der Waals surface area contributed by atoms with Crippen molar-refractivity contribution >= 4 is 17.6 Å². The van der Waals surface area contributed by atoms with E-state index in [1.54, 1.807) is 17.0 Å². The maximum Gasteiger partial charge on any atom is 0.321 e. The van der Waals surface area contributed by atoms with E-state index in [0.29, 0.717) is 37.7 Å². The van der Waals surface area contributed by atoms with Crippen molar-refractivity contribution in [1.29, 1.82) is 0 Å². The van der Waals surface area contributed by atoms with Crippen molar-refractivity contribution in [3.8, 4) is 0 Å². The van der Waals surface area contributed by atoms with E-state index in [9.17, 15) is 14.0 Å². The Kier molecular flexibility index (Phi) is 7.00. The fourth-order valence-corrected chi connectivity index (χ4v) is 3.44. The lowest BCUT2D eigenvalue weighted by Crippen LogP contribution is -2.42. The van der Waals surface area contributed by atoms with Crippen molar-refractivity contribution in [2.24, 2.45) is 5.92 Å². The van der Waals surface area contributed by atoms with Crippen LogP contribution in [0.4, 0.5) is 14.9 Å². The number of carbonyl (C=O) groups excluding carboxylic acids is 2. The van der Waals surface area contributed by atoms with Gasteiger partial charge in [-0.15, -0.1) is 0 Å². The Labute approximate surface area is 164 Å². The molecule has 148 valence electrons. The van der Waals surface area contributed by atoms with Gasteiger partial charge in [0.25, 0.3) is 0 Å². The average molecular weight is 383 g/mol. The Morgan fingerprint density at radius 3 is 2.57 bits per heavy atom. The largest absolute Gasteiger partial charge is 0.352 e. The van der Waals surface area contributed by atoms with Crippen LogP contribution in [-0.2, 0) is 11.3 Å². The van der Waals surface area contributed by atoms with Gasteiger partial charge in [-0.3, -0.25) is 4.79 Å². The van der Waals surface area contributed by atoms with Crippen LogP contribution in [0.5, 0.6) is 0 Å².